The molecular weight excluding hydrogens is 382 g/mol. The van der Waals surface area contributed by atoms with Crippen molar-refractivity contribution >= 4 is 17.7 Å². The number of allylic oxidation sites excluding steroid dienone is 1. The molecule has 0 aliphatic rings. The molecule has 0 aromatic heterocycles. The van der Waals surface area contributed by atoms with Crippen LogP contribution >= 0.6 is 0 Å². The highest BCUT2D eigenvalue weighted by atomic mass is 17.5. The van der Waals surface area contributed by atoms with Crippen LogP contribution in [0.5, 0.6) is 0 Å². The maximum Gasteiger partial charge on any atom is 0.249 e. The van der Waals surface area contributed by atoms with E-state index in [4.69, 9.17) is 5.21 Å². The van der Waals surface area contributed by atoms with Gasteiger partial charge < -0.3 is 10.6 Å². The Hall–Kier alpha value is -2.01. The molecule has 0 aliphatic carbocycles. The molecule has 0 heterocycles. The van der Waals surface area contributed by atoms with E-state index in [2.05, 4.69) is 32.4 Å². The molecule has 4 N–H and O–H groups in total. The van der Waals surface area contributed by atoms with Gasteiger partial charge in [-0.15, -0.1) is 0 Å². The van der Waals surface area contributed by atoms with Gasteiger partial charge in [0.15, 0.2) is 13.2 Å². The molecule has 0 aromatic carbocycles. The molecule has 3 amide bonds. The lowest BCUT2D eigenvalue weighted by Gasteiger charge is -2.06. The molecule has 29 heavy (non-hydrogen) atoms. The Balaban J connectivity index is 3.39. The first kappa shape index (κ1) is 27.0. The van der Waals surface area contributed by atoms with Gasteiger partial charge in [0, 0.05) is 19.5 Å². The van der Waals surface area contributed by atoms with E-state index in [1.807, 2.05) is 6.08 Å². The van der Waals surface area contributed by atoms with E-state index in [0.29, 0.717) is 13.1 Å². The van der Waals surface area contributed by atoms with Gasteiger partial charge in [0.25, 0.3) is 0 Å². The largest absolute Gasteiger partial charge is 0.354 e. The summed E-state index contributed by atoms with van der Waals surface area (Å²) >= 11 is 0. The fourth-order valence-corrected chi connectivity index (χ4v) is 2.22. The quantitative estimate of drug-likeness (QED) is 0.0825. The summed E-state index contributed by atoms with van der Waals surface area (Å²) in [7, 11) is 0. The average Bonchev–Trinajstić information content (AvgIpc) is 2.71. The third kappa shape index (κ3) is 20.5. The predicted molar refractivity (Wildman–Crippen MR) is 105 cm³/mol. The third-order valence-corrected chi connectivity index (χ3v) is 3.79. The second-order valence-corrected chi connectivity index (χ2v) is 6.41. The zero-order valence-electron chi connectivity index (χ0n) is 17.2. The Morgan fingerprint density at radius 3 is 1.97 bits per heavy atom. The van der Waals surface area contributed by atoms with E-state index in [-0.39, 0.29) is 31.4 Å². The molecule has 0 saturated carbocycles. The van der Waals surface area contributed by atoms with E-state index in [0.717, 1.165) is 32.1 Å². The molecule has 0 bridgehead atoms. The fourth-order valence-electron chi connectivity index (χ4n) is 2.22. The van der Waals surface area contributed by atoms with Gasteiger partial charge in [0.1, 0.15) is 0 Å². The monoisotopic (exact) mass is 417 g/mol. The number of carbonyl (C=O) groups excluding carboxylic acids is 3. The van der Waals surface area contributed by atoms with Crippen molar-refractivity contribution in [2.45, 2.75) is 64.7 Å². The minimum absolute atomic E-state index is 0.132. The Kier molecular flexibility index (Phi) is 19.3. The summed E-state index contributed by atoms with van der Waals surface area (Å²) in [6, 6.07) is 0. The Bertz CT molecular complexity index is 473. The second kappa shape index (κ2) is 20.7. The summed E-state index contributed by atoms with van der Waals surface area (Å²) in [5.74, 6) is -1.13. The van der Waals surface area contributed by atoms with Crippen molar-refractivity contribution in [1.82, 2.24) is 16.1 Å². The number of nitrogens with one attached hydrogen (secondary N) is 3. The standard InChI is InChI=1S/C19H35N3O7/c1-2-3-4-7-10-13-20-18(24)15-27-29-28-16-19(25)21-14-11-8-5-6-9-12-17(23)22-26/h6,9,26H,2-5,7-8,10-16H2,1H3,(H,20,24)(H,21,25)(H,22,23)/b9-6+. The van der Waals surface area contributed by atoms with Crippen LogP contribution in [0.15, 0.2) is 12.2 Å². The van der Waals surface area contributed by atoms with Gasteiger partial charge in [-0.25, -0.2) is 5.48 Å². The maximum atomic E-state index is 11.5. The van der Waals surface area contributed by atoms with Crippen LogP contribution in [0.2, 0.25) is 0 Å². The Labute approximate surface area is 172 Å². The third-order valence-electron chi connectivity index (χ3n) is 3.79. The van der Waals surface area contributed by atoms with Crippen molar-refractivity contribution < 1.29 is 34.4 Å². The van der Waals surface area contributed by atoms with Crippen LogP contribution in [0.4, 0.5) is 0 Å². The first-order valence-corrected chi connectivity index (χ1v) is 10.1. The first-order valence-electron chi connectivity index (χ1n) is 10.1. The van der Waals surface area contributed by atoms with Crippen molar-refractivity contribution in [3.63, 3.8) is 0 Å². The summed E-state index contributed by atoms with van der Waals surface area (Å²) in [6.45, 7) is 2.59. The van der Waals surface area contributed by atoms with Crippen molar-refractivity contribution in [2.75, 3.05) is 26.3 Å². The van der Waals surface area contributed by atoms with E-state index in [1.54, 1.807) is 11.6 Å². The molecule has 0 aromatic rings. The number of hydroxylamine groups is 1. The molecule has 10 heteroatoms. The van der Waals surface area contributed by atoms with Gasteiger partial charge in [-0.05, 0) is 25.7 Å². The topological polar surface area (TPSA) is 135 Å². The molecule has 0 atom stereocenters. The number of hydrogen-bond acceptors (Lipinski definition) is 7. The summed E-state index contributed by atoms with van der Waals surface area (Å²) in [5, 5.41) is 18.0. The van der Waals surface area contributed by atoms with Crippen LogP contribution in [0.3, 0.4) is 0 Å². The maximum absolute atomic E-state index is 11.5. The number of amides is 3. The minimum atomic E-state index is -0.460. The second-order valence-electron chi connectivity index (χ2n) is 6.41. The minimum Gasteiger partial charge on any atom is -0.354 e. The van der Waals surface area contributed by atoms with Gasteiger partial charge in [-0.1, -0.05) is 49.8 Å². The van der Waals surface area contributed by atoms with E-state index < -0.39 is 5.91 Å². The van der Waals surface area contributed by atoms with E-state index in [1.165, 1.54) is 19.3 Å². The summed E-state index contributed by atoms with van der Waals surface area (Å²) in [6.07, 6.45) is 11.6. The summed E-state index contributed by atoms with van der Waals surface area (Å²) in [5.41, 5.74) is 1.55. The van der Waals surface area contributed by atoms with Crippen LogP contribution in [0, 0.1) is 0 Å². The summed E-state index contributed by atoms with van der Waals surface area (Å²) < 4.78 is 0. The fraction of sp³-hybridized carbons (Fsp3) is 0.737. The zero-order chi connectivity index (χ0) is 21.6. The number of hydrogen-bond donors (Lipinski definition) is 4. The lowest BCUT2D eigenvalue weighted by molar-refractivity contribution is -0.504. The lowest BCUT2D eigenvalue weighted by atomic mass is 10.1. The average molecular weight is 418 g/mol. The molecule has 0 aliphatic heterocycles. The van der Waals surface area contributed by atoms with Gasteiger partial charge >= 0.3 is 0 Å². The van der Waals surface area contributed by atoms with Gasteiger partial charge in [0.2, 0.25) is 17.7 Å². The number of carbonyl (C=O) groups is 3. The Morgan fingerprint density at radius 2 is 1.38 bits per heavy atom. The molecule has 0 rings (SSSR count). The normalized spacial score (nSPS) is 10.8. The predicted octanol–water partition coefficient (Wildman–Crippen LogP) is 1.69. The highest BCUT2D eigenvalue weighted by Gasteiger charge is 2.04. The molecule has 0 radical (unpaired) electrons. The van der Waals surface area contributed by atoms with Gasteiger partial charge in [0.05, 0.1) is 0 Å². The zero-order valence-corrected chi connectivity index (χ0v) is 17.2. The molecule has 0 saturated heterocycles. The van der Waals surface area contributed by atoms with Gasteiger partial charge in [-0.3, -0.25) is 19.6 Å². The molecule has 0 fully saturated rings. The molecule has 10 nitrogen and oxygen atoms in total. The van der Waals surface area contributed by atoms with Crippen LogP contribution in [-0.2, 0) is 29.2 Å². The van der Waals surface area contributed by atoms with Crippen LogP contribution < -0.4 is 16.1 Å². The van der Waals surface area contributed by atoms with Crippen LogP contribution in [-0.4, -0.2) is 49.2 Å². The van der Waals surface area contributed by atoms with Gasteiger partial charge in [-0.2, -0.15) is 9.78 Å². The van der Waals surface area contributed by atoms with Crippen LogP contribution in [0.1, 0.15) is 64.7 Å². The van der Waals surface area contributed by atoms with Crippen molar-refractivity contribution in [2.24, 2.45) is 0 Å². The molecule has 0 spiro atoms. The van der Waals surface area contributed by atoms with Crippen molar-refractivity contribution in [1.29, 1.82) is 0 Å². The summed E-state index contributed by atoms with van der Waals surface area (Å²) in [4.78, 5) is 42.9. The first-order chi connectivity index (χ1) is 14.1. The van der Waals surface area contributed by atoms with Crippen molar-refractivity contribution in [3.8, 4) is 0 Å². The smallest absolute Gasteiger partial charge is 0.249 e. The van der Waals surface area contributed by atoms with Crippen molar-refractivity contribution in [3.05, 3.63) is 12.2 Å². The van der Waals surface area contributed by atoms with Crippen LogP contribution in [0.25, 0.3) is 0 Å². The van der Waals surface area contributed by atoms with E-state index in [9.17, 15) is 14.4 Å². The molecule has 168 valence electrons. The Morgan fingerprint density at radius 1 is 0.793 bits per heavy atom. The van der Waals surface area contributed by atoms with E-state index >= 15 is 0 Å². The number of rotatable bonds is 19. The molecule has 0 unspecified atom stereocenters. The highest BCUT2D eigenvalue weighted by Crippen LogP contribution is 2.01. The SMILES string of the molecule is CCCCCCCNC(=O)COOOCC(=O)NCCCC/C=C/CC(=O)NO. The number of unbranched alkanes of at least 4 members (excludes halogenated alkanes) is 6. The lowest BCUT2D eigenvalue weighted by Crippen LogP contribution is -2.30. The highest BCUT2D eigenvalue weighted by molar-refractivity contribution is 5.77. The molecular formula is C19H35N3O7.